The van der Waals surface area contributed by atoms with E-state index in [0.717, 1.165) is 16.8 Å². The highest BCUT2D eigenvalue weighted by Crippen LogP contribution is 2.17. The van der Waals surface area contributed by atoms with Crippen molar-refractivity contribution in [2.45, 2.75) is 27.3 Å². The maximum Gasteiger partial charge on any atom is 0.264 e. The number of nitrogens with one attached hydrogen (secondary N) is 2. The van der Waals surface area contributed by atoms with Gasteiger partial charge >= 0.3 is 0 Å². The Morgan fingerprint density at radius 3 is 2.22 bits per heavy atom. The van der Waals surface area contributed by atoms with Gasteiger partial charge in [0.05, 0.1) is 11.9 Å². The molecule has 0 bridgehead atoms. The number of anilines is 2. The van der Waals surface area contributed by atoms with Crippen molar-refractivity contribution in [1.82, 2.24) is 19.3 Å². The zero-order valence-corrected chi connectivity index (χ0v) is 17.9. The lowest BCUT2D eigenvalue weighted by Crippen LogP contribution is -2.27. The van der Waals surface area contributed by atoms with Crippen LogP contribution in [0.15, 0.2) is 59.8 Å². The summed E-state index contributed by atoms with van der Waals surface area (Å²) in [5.41, 5.74) is 4.25. The molecule has 4 aromatic rings. The van der Waals surface area contributed by atoms with Gasteiger partial charge in [-0.1, -0.05) is 6.07 Å². The van der Waals surface area contributed by atoms with Crippen molar-refractivity contribution in [3.8, 4) is 5.69 Å². The van der Waals surface area contributed by atoms with E-state index in [1.165, 1.54) is 24.0 Å². The van der Waals surface area contributed by atoms with Gasteiger partial charge < -0.3 is 10.6 Å². The summed E-state index contributed by atoms with van der Waals surface area (Å²) < 4.78 is 2.87. The van der Waals surface area contributed by atoms with Gasteiger partial charge in [-0.25, -0.2) is 9.67 Å². The van der Waals surface area contributed by atoms with Gasteiger partial charge in [0.1, 0.15) is 18.3 Å². The van der Waals surface area contributed by atoms with Crippen LogP contribution in [0.3, 0.4) is 0 Å². The third-order valence-electron chi connectivity index (χ3n) is 4.81. The molecule has 162 valence electrons. The van der Waals surface area contributed by atoms with Crippen LogP contribution in [0, 0.1) is 13.8 Å². The van der Waals surface area contributed by atoms with Crippen LogP contribution in [-0.2, 0) is 16.1 Å². The van der Waals surface area contributed by atoms with Crippen LogP contribution in [0.1, 0.15) is 18.1 Å². The van der Waals surface area contributed by atoms with E-state index in [0.29, 0.717) is 22.4 Å². The molecule has 2 N–H and O–H groups in total. The second-order valence-electron chi connectivity index (χ2n) is 7.62. The van der Waals surface area contributed by atoms with E-state index >= 15 is 0 Å². The van der Waals surface area contributed by atoms with Crippen molar-refractivity contribution in [3.05, 3.63) is 76.5 Å². The van der Waals surface area contributed by atoms with Gasteiger partial charge in [0, 0.05) is 18.3 Å². The molecule has 0 unspecified atom stereocenters. The van der Waals surface area contributed by atoms with Gasteiger partial charge in [0.2, 0.25) is 11.8 Å². The van der Waals surface area contributed by atoms with E-state index in [1.807, 2.05) is 26.0 Å². The lowest BCUT2D eigenvalue weighted by atomic mass is 10.1. The van der Waals surface area contributed by atoms with Crippen molar-refractivity contribution in [1.29, 1.82) is 0 Å². The monoisotopic (exact) mass is 430 g/mol. The summed E-state index contributed by atoms with van der Waals surface area (Å²) in [5, 5.41) is 10.1. The minimum Gasteiger partial charge on any atom is -0.326 e. The number of rotatable bonds is 5. The lowest BCUT2D eigenvalue weighted by molar-refractivity contribution is -0.117. The molecule has 2 aromatic carbocycles. The molecule has 2 amide bonds. The molecule has 9 heteroatoms. The number of hydrogen-bond acceptors (Lipinski definition) is 5. The molecule has 0 spiro atoms. The zero-order chi connectivity index (χ0) is 22.8. The zero-order valence-electron chi connectivity index (χ0n) is 17.9. The number of amides is 2. The van der Waals surface area contributed by atoms with Crippen LogP contribution < -0.4 is 16.2 Å². The first-order valence-corrected chi connectivity index (χ1v) is 9.99. The molecule has 4 rings (SSSR count). The van der Waals surface area contributed by atoms with Crippen LogP contribution in [0.4, 0.5) is 11.4 Å². The number of nitrogens with zero attached hydrogens (tertiary/aromatic N) is 4. The Balaban J connectivity index is 1.54. The van der Waals surface area contributed by atoms with Crippen molar-refractivity contribution in [2.24, 2.45) is 0 Å². The van der Waals surface area contributed by atoms with Gasteiger partial charge in [-0.15, -0.1) is 0 Å². The maximum absolute atomic E-state index is 12.9. The van der Waals surface area contributed by atoms with Crippen molar-refractivity contribution >= 4 is 34.2 Å². The molecule has 0 aliphatic heterocycles. The summed E-state index contributed by atoms with van der Waals surface area (Å²) in [6, 6.07) is 12.7. The first-order valence-electron chi connectivity index (χ1n) is 9.99. The topological polar surface area (TPSA) is 111 Å². The van der Waals surface area contributed by atoms with E-state index in [1.54, 1.807) is 28.9 Å². The van der Waals surface area contributed by atoms with E-state index in [-0.39, 0.29) is 23.9 Å². The minimum absolute atomic E-state index is 0.176. The fourth-order valence-electron chi connectivity index (χ4n) is 3.52. The van der Waals surface area contributed by atoms with Gasteiger partial charge in [0.25, 0.3) is 5.56 Å². The number of aryl methyl sites for hydroxylation is 2. The number of carbonyl (C=O) groups excluding carboxylic acids is 2. The second-order valence-corrected chi connectivity index (χ2v) is 7.62. The molecule has 0 radical (unpaired) electrons. The van der Waals surface area contributed by atoms with Gasteiger partial charge in [-0.3, -0.25) is 19.0 Å². The summed E-state index contributed by atoms with van der Waals surface area (Å²) in [4.78, 5) is 40.8. The first kappa shape index (κ1) is 21.0. The Morgan fingerprint density at radius 2 is 1.59 bits per heavy atom. The number of aromatic nitrogens is 4. The average molecular weight is 430 g/mol. The molecule has 0 atom stereocenters. The van der Waals surface area contributed by atoms with Gasteiger partial charge in [0.15, 0.2) is 5.65 Å². The highest BCUT2D eigenvalue weighted by molar-refractivity contribution is 5.92. The van der Waals surface area contributed by atoms with Crippen LogP contribution in [0.2, 0.25) is 0 Å². The SMILES string of the molecule is CC(=O)Nc1ccc(NC(=O)Cn2cnc3c(cnn3-c3cc(C)cc(C)c3)c2=O)cc1. The second kappa shape index (κ2) is 8.46. The Hall–Kier alpha value is -4.27. The third-order valence-corrected chi connectivity index (χ3v) is 4.81. The molecule has 9 nitrogen and oxygen atoms in total. The Bertz CT molecular complexity index is 1370. The standard InChI is InChI=1S/C23H22N6O3/c1-14-8-15(2)10-19(9-14)29-22-20(11-25-29)23(32)28(13-24-22)12-21(31)27-18-6-4-17(5-7-18)26-16(3)30/h4-11,13H,12H2,1-3H3,(H,26,30)(H,27,31). The molecular weight excluding hydrogens is 408 g/mol. The maximum atomic E-state index is 12.9. The quantitative estimate of drug-likeness (QED) is 0.506. The number of carbonyl (C=O) groups is 2. The summed E-state index contributed by atoms with van der Waals surface area (Å²) in [7, 11) is 0. The number of fused-ring (bicyclic) bond motifs is 1. The molecule has 0 fully saturated rings. The summed E-state index contributed by atoms with van der Waals surface area (Å²) in [5.74, 6) is -0.549. The van der Waals surface area contributed by atoms with E-state index in [4.69, 9.17) is 0 Å². The fourth-order valence-corrected chi connectivity index (χ4v) is 3.52. The van der Waals surface area contributed by atoms with Gasteiger partial charge in [-0.2, -0.15) is 5.10 Å². The van der Waals surface area contributed by atoms with E-state index in [2.05, 4.69) is 26.8 Å². The molecule has 0 saturated heterocycles. The Morgan fingerprint density at radius 1 is 0.969 bits per heavy atom. The van der Waals surface area contributed by atoms with Crippen LogP contribution >= 0.6 is 0 Å². The van der Waals surface area contributed by atoms with Crippen LogP contribution in [0.5, 0.6) is 0 Å². The smallest absolute Gasteiger partial charge is 0.264 e. The summed E-state index contributed by atoms with van der Waals surface area (Å²) in [6.45, 7) is 5.22. The number of benzene rings is 2. The minimum atomic E-state index is -0.373. The lowest BCUT2D eigenvalue weighted by Gasteiger charge is -2.09. The molecule has 0 aliphatic rings. The Labute approximate surface area is 183 Å². The van der Waals surface area contributed by atoms with Crippen molar-refractivity contribution < 1.29 is 9.59 Å². The average Bonchev–Trinajstić information content (AvgIpc) is 3.15. The van der Waals surface area contributed by atoms with E-state index in [9.17, 15) is 14.4 Å². The summed E-state index contributed by atoms with van der Waals surface area (Å²) >= 11 is 0. The first-order chi connectivity index (χ1) is 15.3. The van der Waals surface area contributed by atoms with Gasteiger partial charge in [-0.05, 0) is 61.4 Å². The molecule has 0 aliphatic carbocycles. The largest absolute Gasteiger partial charge is 0.326 e. The van der Waals surface area contributed by atoms with E-state index < -0.39 is 0 Å². The molecule has 32 heavy (non-hydrogen) atoms. The molecule has 2 aromatic heterocycles. The highest BCUT2D eigenvalue weighted by atomic mass is 16.2. The number of hydrogen-bond donors (Lipinski definition) is 2. The van der Waals surface area contributed by atoms with Crippen molar-refractivity contribution in [3.63, 3.8) is 0 Å². The predicted octanol–water partition coefficient (Wildman–Crippen LogP) is 2.80. The van der Waals surface area contributed by atoms with Crippen LogP contribution in [0.25, 0.3) is 16.7 Å². The molecule has 2 heterocycles. The normalized spacial score (nSPS) is 10.8. The van der Waals surface area contributed by atoms with Crippen LogP contribution in [-0.4, -0.2) is 31.1 Å². The predicted molar refractivity (Wildman–Crippen MR) is 122 cm³/mol. The highest BCUT2D eigenvalue weighted by Gasteiger charge is 2.14. The molecule has 0 saturated carbocycles. The Kier molecular flexibility index (Phi) is 5.55. The molecular formula is C23H22N6O3. The van der Waals surface area contributed by atoms with Crippen molar-refractivity contribution in [2.75, 3.05) is 10.6 Å². The third kappa shape index (κ3) is 4.41. The summed E-state index contributed by atoms with van der Waals surface area (Å²) in [6.07, 6.45) is 2.82. The fraction of sp³-hybridized carbons (Fsp3) is 0.174.